The second-order valence-corrected chi connectivity index (χ2v) is 4.78. The minimum Gasteiger partial charge on any atom is -0.369 e. The zero-order valence-electron chi connectivity index (χ0n) is 10.6. The number of alkyl halides is 1. The largest absolute Gasteiger partial charge is 0.369 e. The third kappa shape index (κ3) is 2.90. The molecule has 94 valence electrons. The van der Waals surface area contributed by atoms with Crippen LogP contribution in [0.4, 0.5) is 5.69 Å². The lowest BCUT2D eigenvalue weighted by molar-refractivity contribution is 0.271. The molecule has 17 heavy (non-hydrogen) atoms. The molecule has 1 aromatic heterocycles. The summed E-state index contributed by atoms with van der Waals surface area (Å²) < 4.78 is 0. The van der Waals surface area contributed by atoms with E-state index in [4.69, 9.17) is 11.6 Å². The molecule has 0 spiro atoms. The van der Waals surface area contributed by atoms with E-state index in [2.05, 4.69) is 27.8 Å². The molecule has 1 saturated heterocycles. The van der Waals surface area contributed by atoms with Crippen molar-refractivity contribution < 1.29 is 0 Å². The normalized spacial score (nSPS) is 17.5. The van der Waals surface area contributed by atoms with E-state index in [1.165, 1.54) is 5.69 Å². The molecule has 1 aromatic rings. The number of halogens is 1. The maximum Gasteiger partial charge on any atom is 0.0509 e. The number of piperazine rings is 1. The molecule has 1 fully saturated rings. The van der Waals surface area contributed by atoms with Gasteiger partial charge in [0.15, 0.2) is 0 Å². The molecule has 0 N–H and O–H groups in total. The predicted octanol–water partition coefficient (Wildman–Crippen LogP) is 2.27. The van der Waals surface area contributed by atoms with Crippen LogP contribution in [0.25, 0.3) is 0 Å². The maximum atomic E-state index is 5.98. The summed E-state index contributed by atoms with van der Waals surface area (Å²) in [6.45, 7) is 9.84. The SMILES string of the molecule is CCN1CCN(c2cc(C)ncc2CCl)CC1. The van der Waals surface area contributed by atoms with Gasteiger partial charge in [-0.25, -0.2) is 0 Å². The standard InChI is InChI=1S/C13H20ClN3/c1-3-16-4-6-17(7-5-16)13-8-11(2)15-10-12(13)9-14/h8,10H,3-7,9H2,1-2H3. The molecular formula is C13H20ClN3. The van der Waals surface area contributed by atoms with Crippen molar-refractivity contribution in [3.63, 3.8) is 0 Å². The average molecular weight is 254 g/mol. The fourth-order valence-electron chi connectivity index (χ4n) is 2.28. The molecule has 0 saturated carbocycles. The van der Waals surface area contributed by atoms with Gasteiger partial charge in [0.05, 0.1) is 5.88 Å². The molecule has 0 radical (unpaired) electrons. The summed E-state index contributed by atoms with van der Waals surface area (Å²) >= 11 is 5.98. The number of nitrogens with zero attached hydrogens (tertiary/aromatic N) is 3. The van der Waals surface area contributed by atoms with E-state index in [9.17, 15) is 0 Å². The van der Waals surface area contributed by atoms with Gasteiger partial charge in [-0.3, -0.25) is 4.98 Å². The first-order valence-corrected chi connectivity index (χ1v) is 6.77. The van der Waals surface area contributed by atoms with Gasteiger partial charge in [-0.15, -0.1) is 11.6 Å². The highest BCUT2D eigenvalue weighted by Crippen LogP contribution is 2.23. The van der Waals surface area contributed by atoms with Gasteiger partial charge >= 0.3 is 0 Å². The summed E-state index contributed by atoms with van der Waals surface area (Å²) in [6.07, 6.45) is 1.91. The second kappa shape index (κ2) is 5.69. The Balaban J connectivity index is 2.14. The topological polar surface area (TPSA) is 19.4 Å². The molecule has 0 amide bonds. The molecule has 0 unspecified atom stereocenters. The Morgan fingerprint density at radius 1 is 1.29 bits per heavy atom. The van der Waals surface area contributed by atoms with E-state index in [1.807, 2.05) is 13.1 Å². The van der Waals surface area contributed by atoms with Crippen LogP contribution in [0.3, 0.4) is 0 Å². The van der Waals surface area contributed by atoms with Gasteiger partial charge in [-0.05, 0) is 19.5 Å². The summed E-state index contributed by atoms with van der Waals surface area (Å²) in [4.78, 5) is 9.22. The van der Waals surface area contributed by atoms with Crippen molar-refractivity contribution in [3.8, 4) is 0 Å². The number of hydrogen-bond acceptors (Lipinski definition) is 3. The van der Waals surface area contributed by atoms with Gasteiger partial charge in [0.1, 0.15) is 0 Å². The van der Waals surface area contributed by atoms with Crippen LogP contribution in [0.1, 0.15) is 18.2 Å². The smallest absolute Gasteiger partial charge is 0.0509 e. The number of likely N-dealkylation sites (N-methyl/N-ethyl adjacent to an activating group) is 1. The average Bonchev–Trinajstić information content (AvgIpc) is 2.39. The molecule has 0 aliphatic carbocycles. The lowest BCUT2D eigenvalue weighted by Gasteiger charge is -2.36. The van der Waals surface area contributed by atoms with E-state index >= 15 is 0 Å². The van der Waals surface area contributed by atoms with Crippen LogP contribution >= 0.6 is 11.6 Å². The van der Waals surface area contributed by atoms with Crippen molar-refractivity contribution in [2.45, 2.75) is 19.7 Å². The summed E-state index contributed by atoms with van der Waals surface area (Å²) in [5, 5.41) is 0. The lowest BCUT2D eigenvalue weighted by Crippen LogP contribution is -2.46. The first-order chi connectivity index (χ1) is 8.24. The molecule has 0 bridgehead atoms. The van der Waals surface area contributed by atoms with Gasteiger partial charge in [0.2, 0.25) is 0 Å². The van der Waals surface area contributed by atoms with Crippen molar-refractivity contribution in [1.82, 2.24) is 9.88 Å². The fourth-order valence-corrected chi connectivity index (χ4v) is 2.48. The molecule has 2 heterocycles. The Morgan fingerprint density at radius 2 is 2.00 bits per heavy atom. The Labute approximate surface area is 108 Å². The van der Waals surface area contributed by atoms with Crippen LogP contribution in [-0.4, -0.2) is 42.6 Å². The summed E-state index contributed by atoms with van der Waals surface area (Å²) in [5.74, 6) is 0.538. The van der Waals surface area contributed by atoms with Gasteiger partial charge in [-0.1, -0.05) is 6.92 Å². The number of pyridine rings is 1. The van der Waals surface area contributed by atoms with Gasteiger partial charge in [-0.2, -0.15) is 0 Å². The van der Waals surface area contributed by atoms with Crippen LogP contribution in [-0.2, 0) is 5.88 Å². The number of rotatable bonds is 3. The highest BCUT2D eigenvalue weighted by Gasteiger charge is 2.18. The number of anilines is 1. The van der Waals surface area contributed by atoms with Gasteiger partial charge in [0, 0.05) is 49.3 Å². The first kappa shape index (κ1) is 12.7. The highest BCUT2D eigenvalue weighted by atomic mass is 35.5. The molecule has 2 rings (SSSR count). The van der Waals surface area contributed by atoms with Crippen LogP contribution in [0, 0.1) is 6.92 Å². The Bertz CT molecular complexity index is 373. The molecule has 1 aliphatic heterocycles. The monoisotopic (exact) mass is 253 g/mol. The Kier molecular flexibility index (Phi) is 4.24. The van der Waals surface area contributed by atoms with Crippen LogP contribution < -0.4 is 4.90 Å². The van der Waals surface area contributed by atoms with Crippen LogP contribution in [0.5, 0.6) is 0 Å². The fraction of sp³-hybridized carbons (Fsp3) is 0.615. The minimum atomic E-state index is 0.538. The Hall–Kier alpha value is -0.800. The third-order valence-electron chi connectivity index (χ3n) is 3.40. The Morgan fingerprint density at radius 3 is 2.59 bits per heavy atom. The number of aromatic nitrogens is 1. The number of hydrogen-bond donors (Lipinski definition) is 0. The van der Waals surface area contributed by atoms with Gasteiger partial charge in [0.25, 0.3) is 0 Å². The zero-order valence-corrected chi connectivity index (χ0v) is 11.4. The first-order valence-electron chi connectivity index (χ1n) is 6.23. The van der Waals surface area contributed by atoms with Crippen molar-refractivity contribution in [2.75, 3.05) is 37.6 Å². The number of aryl methyl sites for hydroxylation is 1. The van der Waals surface area contributed by atoms with Crippen LogP contribution in [0.2, 0.25) is 0 Å². The van der Waals surface area contributed by atoms with Crippen LogP contribution in [0.15, 0.2) is 12.3 Å². The summed E-state index contributed by atoms with van der Waals surface area (Å²) in [7, 11) is 0. The maximum absolute atomic E-state index is 5.98. The molecule has 4 heteroatoms. The minimum absolute atomic E-state index is 0.538. The van der Waals surface area contributed by atoms with Crippen molar-refractivity contribution >= 4 is 17.3 Å². The second-order valence-electron chi connectivity index (χ2n) is 4.51. The van der Waals surface area contributed by atoms with E-state index in [1.54, 1.807) is 0 Å². The summed E-state index contributed by atoms with van der Waals surface area (Å²) in [5.41, 5.74) is 3.47. The van der Waals surface area contributed by atoms with Crippen molar-refractivity contribution in [1.29, 1.82) is 0 Å². The van der Waals surface area contributed by atoms with E-state index in [0.717, 1.165) is 44.0 Å². The quantitative estimate of drug-likeness (QED) is 0.771. The third-order valence-corrected chi connectivity index (χ3v) is 3.69. The van der Waals surface area contributed by atoms with E-state index < -0.39 is 0 Å². The zero-order chi connectivity index (χ0) is 12.3. The lowest BCUT2D eigenvalue weighted by atomic mass is 10.2. The molecule has 1 aliphatic rings. The van der Waals surface area contributed by atoms with E-state index in [0.29, 0.717) is 5.88 Å². The molecule has 0 atom stereocenters. The molecular weight excluding hydrogens is 234 g/mol. The molecule has 0 aromatic carbocycles. The van der Waals surface area contributed by atoms with Gasteiger partial charge < -0.3 is 9.80 Å². The van der Waals surface area contributed by atoms with E-state index in [-0.39, 0.29) is 0 Å². The predicted molar refractivity (Wildman–Crippen MR) is 72.9 cm³/mol. The van der Waals surface area contributed by atoms with Crippen molar-refractivity contribution in [3.05, 3.63) is 23.5 Å². The van der Waals surface area contributed by atoms with Crippen molar-refractivity contribution in [2.24, 2.45) is 0 Å². The highest BCUT2D eigenvalue weighted by molar-refractivity contribution is 6.17. The summed E-state index contributed by atoms with van der Waals surface area (Å²) in [6, 6.07) is 2.15. The molecule has 3 nitrogen and oxygen atoms in total.